The first-order chi connectivity index (χ1) is 13.6. The van der Waals surface area contributed by atoms with Gasteiger partial charge in [-0.3, -0.25) is 5.01 Å². The maximum Gasteiger partial charge on any atom is 0.127 e. The third kappa shape index (κ3) is 3.70. The highest BCUT2D eigenvalue weighted by Gasteiger charge is 2.31. The van der Waals surface area contributed by atoms with Gasteiger partial charge in [0.05, 0.1) is 34.6 Å². The molecule has 0 aromatic heterocycles. The average molecular weight is 432 g/mol. The Morgan fingerprint density at radius 2 is 1.68 bits per heavy atom. The molecule has 3 nitrogen and oxygen atoms in total. The van der Waals surface area contributed by atoms with Crippen LogP contribution in [-0.4, -0.2) is 12.8 Å². The number of ether oxygens (including phenoxy) is 1. The number of anilines is 1. The first-order valence-electron chi connectivity index (χ1n) is 8.77. The summed E-state index contributed by atoms with van der Waals surface area (Å²) < 4.78 is 5.53. The molecule has 142 valence electrons. The van der Waals surface area contributed by atoms with Crippen molar-refractivity contribution in [3.05, 3.63) is 92.9 Å². The summed E-state index contributed by atoms with van der Waals surface area (Å²) in [6.07, 6.45) is 0.724. The minimum Gasteiger partial charge on any atom is -0.496 e. The standard InChI is InChI=1S/C22H17Cl3N2O/c1-28-22-5-3-2-4-17(22)20-13-21(14-6-8-15(23)9-7-14)27(26-20)16-10-11-18(24)19(25)12-16/h2-12,21H,13H2,1H3/t21-/m0/s1. The van der Waals surface area contributed by atoms with E-state index < -0.39 is 0 Å². The van der Waals surface area contributed by atoms with Crippen molar-refractivity contribution in [1.82, 2.24) is 0 Å². The molecule has 4 rings (SSSR count). The van der Waals surface area contributed by atoms with Crippen LogP contribution in [0.5, 0.6) is 5.75 Å². The molecule has 0 fully saturated rings. The largest absolute Gasteiger partial charge is 0.496 e. The molecule has 0 N–H and O–H groups in total. The lowest BCUT2D eigenvalue weighted by atomic mass is 9.98. The molecule has 0 amide bonds. The van der Waals surface area contributed by atoms with E-state index in [1.54, 1.807) is 13.2 Å². The summed E-state index contributed by atoms with van der Waals surface area (Å²) in [6, 6.07) is 21.3. The zero-order valence-electron chi connectivity index (χ0n) is 15.1. The van der Waals surface area contributed by atoms with Crippen LogP contribution in [0, 0.1) is 0 Å². The van der Waals surface area contributed by atoms with Crippen LogP contribution in [0.2, 0.25) is 15.1 Å². The Bertz CT molecular complexity index is 1030. The minimum absolute atomic E-state index is 0.00872. The lowest BCUT2D eigenvalue weighted by Crippen LogP contribution is -2.18. The first-order valence-corrected chi connectivity index (χ1v) is 9.91. The van der Waals surface area contributed by atoms with Gasteiger partial charge in [0, 0.05) is 17.0 Å². The molecule has 1 heterocycles. The van der Waals surface area contributed by atoms with Crippen LogP contribution in [0.4, 0.5) is 5.69 Å². The summed E-state index contributed by atoms with van der Waals surface area (Å²) in [5, 5.41) is 8.62. The molecule has 3 aromatic carbocycles. The van der Waals surface area contributed by atoms with Gasteiger partial charge in [0.25, 0.3) is 0 Å². The quantitative estimate of drug-likeness (QED) is 0.444. The van der Waals surface area contributed by atoms with Crippen molar-refractivity contribution < 1.29 is 4.74 Å². The lowest BCUT2D eigenvalue weighted by molar-refractivity contribution is 0.414. The van der Waals surface area contributed by atoms with Crippen LogP contribution < -0.4 is 9.75 Å². The van der Waals surface area contributed by atoms with Gasteiger partial charge in [0.15, 0.2) is 0 Å². The van der Waals surface area contributed by atoms with Crippen LogP contribution in [0.25, 0.3) is 0 Å². The fourth-order valence-corrected chi connectivity index (χ4v) is 3.78. The summed E-state index contributed by atoms with van der Waals surface area (Å²) in [5.41, 5.74) is 3.92. The molecule has 1 atom stereocenters. The van der Waals surface area contributed by atoms with Crippen molar-refractivity contribution in [2.75, 3.05) is 12.1 Å². The molecule has 0 saturated carbocycles. The maximum absolute atomic E-state index is 6.26. The van der Waals surface area contributed by atoms with Crippen molar-refractivity contribution in [3.63, 3.8) is 0 Å². The highest BCUT2D eigenvalue weighted by atomic mass is 35.5. The number of halogens is 3. The van der Waals surface area contributed by atoms with Crippen molar-refractivity contribution in [1.29, 1.82) is 0 Å². The molecule has 0 radical (unpaired) electrons. The highest BCUT2D eigenvalue weighted by Crippen LogP contribution is 2.40. The van der Waals surface area contributed by atoms with Crippen molar-refractivity contribution in [3.8, 4) is 5.75 Å². The van der Waals surface area contributed by atoms with Gasteiger partial charge in [-0.2, -0.15) is 5.10 Å². The van der Waals surface area contributed by atoms with Gasteiger partial charge in [-0.05, 0) is 48.0 Å². The van der Waals surface area contributed by atoms with E-state index in [2.05, 4.69) is 0 Å². The van der Waals surface area contributed by atoms with E-state index >= 15 is 0 Å². The number of para-hydroxylation sites is 1. The molecule has 0 unspecified atom stereocenters. The van der Waals surface area contributed by atoms with Gasteiger partial charge in [0.2, 0.25) is 0 Å². The average Bonchev–Trinajstić information content (AvgIpc) is 3.16. The molecule has 0 aliphatic carbocycles. The second kappa shape index (κ2) is 8.04. The number of benzene rings is 3. The predicted octanol–water partition coefficient (Wildman–Crippen LogP) is 7.01. The zero-order valence-corrected chi connectivity index (χ0v) is 17.3. The Kier molecular flexibility index (Phi) is 5.49. The molecule has 28 heavy (non-hydrogen) atoms. The first kappa shape index (κ1) is 19.1. The van der Waals surface area contributed by atoms with Crippen LogP contribution in [-0.2, 0) is 0 Å². The molecule has 0 bridgehead atoms. The van der Waals surface area contributed by atoms with E-state index in [4.69, 9.17) is 44.6 Å². The molecule has 3 aromatic rings. The van der Waals surface area contributed by atoms with Gasteiger partial charge < -0.3 is 4.74 Å². The molecule has 1 aliphatic heterocycles. The summed E-state index contributed by atoms with van der Waals surface area (Å²) in [5.74, 6) is 0.798. The molecule has 1 aliphatic rings. The van der Waals surface area contributed by atoms with Gasteiger partial charge in [-0.15, -0.1) is 0 Å². The number of hydrogen-bond acceptors (Lipinski definition) is 3. The number of rotatable bonds is 4. The van der Waals surface area contributed by atoms with E-state index in [1.165, 1.54) is 0 Å². The number of methoxy groups -OCH3 is 1. The summed E-state index contributed by atoms with van der Waals surface area (Å²) in [4.78, 5) is 0. The SMILES string of the molecule is COc1ccccc1C1=NN(c2ccc(Cl)c(Cl)c2)[C@H](c2ccc(Cl)cc2)C1. The Morgan fingerprint density at radius 1 is 0.929 bits per heavy atom. The monoisotopic (exact) mass is 430 g/mol. The van der Waals surface area contributed by atoms with Gasteiger partial charge >= 0.3 is 0 Å². The second-order valence-electron chi connectivity index (χ2n) is 6.46. The highest BCUT2D eigenvalue weighted by molar-refractivity contribution is 6.42. The van der Waals surface area contributed by atoms with Crippen LogP contribution in [0.3, 0.4) is 0 Å². The van der Waals surface area contributed by atoms with Crippen molar-refractivity contribution >= 4 is 46.2 Å². The zero-order chi connectivity index (χ0) is 19.7. The number of hydrazone groups is 1. The fourth-order valence-electron chi connectivity index (χ4n) is 3.37. The van der Waals surface area contributed by atoms with Crippen molar-refractivity contribution in [2.24, 2.45) is 5.10 Å². The second-order valence-corrected chi connectivity index (χ2v) is 7.71. The summed E-state index contributed by atoms with van der Waals surface area (Å²) in [7, 11) is 1.67. The lowest BCUT2D eigenvalue weighted by Gasteiger charge is -2.24. The van der Waals surface area contributed by atoms with Crippen LogP contribution in [0.1, 0.15) is 23.6 Å². The molecule has 0 spiro atoms. The Labute approximate surface area is 179 Å². The molecular weight excluding hydrogens is 415 g/mol. The maximum atomic E-state index is 6.26. The van der Waals surface area contributed by atoms with E-state index in [-0.39, 0.29) is 6.04 Å². The Balaban J connectivity index is 1.79. The van der Waals surface area contributed by atoms with Crippen LogP contribution >= 0.6 is 34.8 Å². The van der Waals surface area contributed by atoms with E-state index in [1.807, 2.05) is 65.7 Å². The van der Waals surface area contributed by atoms with Gasteiger partial charge in [-0.25, -0.2) is 0 Å². The third-order valence-corrected chi connectivity index (χ3v) is 5.74. The normalized spacial score (nSPS) is 16.2. The van der Waals surface area contributed by atoms with E-state index in [0.717, 1.165) is 34.7 Å². The summed E-state index contributed by atoms with van der Waals surface area (Å²) in [6.45, 7) is 0. The topological polar surface area (TPSA) is 24.8 Å². The predicted molar refractivity (Wildman–Crippen MR) is 117 cm³/mol. The van der Waals surface area contributed by atoms with Gasteiger partial charge in [-0.1, -0.05) is 59.1 Å². The van der Waals surface area contributed by atoms with E-state index in [9.17, 15) is 0 Å². The number of hydrogen-bond donors (Lipinski definition) is 0. The molecule has 6 heteroatoms. The van der Waals surface area contributed by atoms with Crippen molar-refractivity contribution in [2.45, 2.75) is 12.5 Å². The molecular formula is C22H17Cl3N2O. The smallest absolute Gasteiger partial charge is 0.127 e. The summed E-state index contributed by atoms with van der Waals surface area (Å²) >= 11 is 18.5. The van der Waals surface area contributed by atoms with Crippen LogP contribution in [0.15, 0.2) is 71.8 Å². The molecule has 0 saturated heterocycles. The van der Waals surface area contributed by atoms with E-state index in [0.29, 0.717) is 15.1 Å². The Hall–Kier alpha value is -2.20. The van der Waals surface area contributed by atoms with Gasteiger partial charge in [0.1, 0.15) is 5.75 Å². The third-order valence-electron chi connectivity index (χ3n) is 4.75. The number of nitrogens with zero attached hydrogens (tertiary/aromatic N) is 2. The minimum atomic E-state index is 0.00872. The Morgan fingerprint density at radius 3 is 2.39 bits per heavy atom. The fraction of sp³-hybridized carbons (Fsp3) is 0.136.